The summed E-state index contributed by atoms with van der Waals surface area (Å²) in [6, 6.07) is 4.49. The lowest BCUT2D eigenvalue weighted by Gasteiger charge is -2.09. The third-order valence-electron chi connectivity index (χ3n) is 2.58. The smallest absolute Gasteiger partial charge is 0.146 e. The lowest BCUT2D eigenvalue weighted by atomic mass is 10.2. The molecule has 1 aliphatic rings. The molecule has 0 radical (unpaired) electrons. The largest absolute Gasteiger partial charge is 0.342 e. The summed E-state index contributed by atoms with van der Waals surface area (Å²) in [6.45, 7) is 0.824. The molecule has 2 nitrogen and oxygen atoms in total. The number of hydrogen-bond donors (Lipinski definition) is 1. The van der Waals surface area contributed by atoms with Crippen LogP contribution in [0.4, 0.5) is 10.1 Å². The van der Waals surface area contributed by atoms with Crippen LogP contribution in [0.1, 0.15) is 25.7 Å². The van der Waals surface area contributed by atoms with E-state index in [1.807, 2.05) is 0 Å². The molecule has 0 fully saturated rings. The quantitative estimate of drug-likeness (QED) is 0.792. The van der Waals surface area contributed by atoms with Gasteiger partial charge in [0.2, 0.25) is 0 Å². The molecule has 0 unspecified atom stereocenters. The van der Waals surface area contributed by atoms with Gasteiger partial charge in [-0.1, -0.05) is 18.0 Å². The third kappa shape index (κ3) is 2.95. The first-order chi connectivity index (χ1) is 7.75. The van der Waals surface area contributed by atoms with Gasteiger partial charge in [-0.15, -0.1) is 0 Å². The minimum absolute atomic E-state index is 0.295. The molecule has 0 saturated heterocycles. The second-order valence-electron chi connectivity index (χ2n) is 3.89. The first-order valence-electron chi connectivity index (χ1n) is 5.51. The van der Waals surface area contributed by atoms with Crippen LogP contribution >= 0.6 is 11.6 Å². The van der Waals surface area contributed by atoms with E-state index in [9.17, 15) is 4.39 Å². The Morgan fingerprint density at radius 3 is 3.00 bits per heavy atom. The Hall–Kier alpha value is -1.09. The Labute approximate surface area is 99.5 Å². The number of aliphatic imine (C=N–C) groups is 1. The van der Waals surface area contributed by atoms with Gasteiger partial charge in [0, 0.05) is 18.0 Å². The van der Waals surface area contributed by atoms with Crippen molar-refractivity contribution in [3.63, 3.8) is 0 Å². The summed E-state index contributed by atoms with van der Waals surface area (Å²) in [5.41, 5.74) is 0.410. The first kappa shape index (κ1) is 11.4. The fourth-order valence-electron chi connectivity index (χ4n) is 1.72. The normalized spacial score (nSPS) is 16.5. The van der Waals surface area contributed by atoms with Gasteiger partial charge in [0.15, 0.2) is 0 Å². The van der Waals surface area contributed by atoms with Gasteiger partial charge in [-0.3, -0.25) is 4.99 Å². The zero-order valence-electron chi connectivity index (χ0n) is 8.97. The third-order valence-corrected chi connectivity index (χ3v) is 2.82. The summed E-state index contributed by atoms with van der Waals surface area (Å²) in [5.74, 6) is 0.565. The van der Waals surface area contributed by atoms with Crippen LogP contribution in [0.5, 0.6) is 0 Å². The molecule has 1 aromatic rings. The molecule has 0 amide bonds. The molecule has 1 N–H and O–H groups in total. The van der Waals surface area contributed by atoms with Crippen molar-refractivity contribution >= 4 is 23.1 Å². The maximum Gasteiger partial charge on any atom is 0.146 e. The van der Waals surface area contributed by atoms with E-state index in [4.69, 9.17) is 11.6 Å². The summed E-state index contributed by atoms with van der Waals surface area (Å²) in [6.07, 6.45) is 4.29. The zero-order valence-corrected chi connectivity index (χ0v) is 9.73. The highest BCUT2D eigenvalue weighted by molar-refractivity contribution is 6.30. The maximum absolute atomic E-state index is 13.5. The van der Waals surface area contributed by atoms with Gasteiger partial charge in [-0.25, -0.2) is 4.39 Å². The van der Waals surface area contributed by atoms with Gasteiger partial charge in [0.1, 0.15) is 11.7 Å². The molecule has 16 heavy (non-hydrogen) atoms. The van der Waals surface area contributed by atoms with Crippen LogP contribution in [0.15, 0.2) is 23.2 Å². The predicted octanol–water partition coefficient (Wildman–Crippen LogP) is 3.86. The van der Waals surface area contributed by atoms with Crippen molar-refractivity contribution in [2.24, 2.45) is 4.99 Å². The molecule has 0 aliphatic carbocycles. The van der Waals surface area contributed by atoms with Crippen LogP contribution in [0.3, 0.4) is 0 Å². The van der Waals surface area contributed by atoms with E-state index >= 15 is 0 Å². The first-order valence-corrected chi connectivity index (χ1v) is 5.89. The summed E-state index contributed by atoms with van der Waals surface area (Å²) in [5, 5.41) is 3.55. The van der Waals surface area contributed by atoms with Gasteiger partial charge in [0.05, 0.1) is 5.69 Å². The van der Waals surface area contributed by atoms with E-state index in [2.05, 4.69) is 10.3 Å². The molecule has 4 heteroatoms. The van der Waals surface area contributed by atoms with Crippen molar-refractivity contribution < 1.29 is 4.39 Å². The van der Waals surface area contributed by atoms with E-state index in [1.54, 1.807) is 6.07 Å². The molecule has 1 aliphatic heterocycles. The van der Waals surface area contributed by atoms with Crippen molar-refractivity contribution in [1.82, 2.24) is 0 Å². The summed E-state index contributed by atoms with van der Waals surface area (Å²) in [7, 11) is 0. The van der Waals surface area contributed by atoms with Crippen molar-refractivity contribution in [3.05, 3.63) is 29.0 Å². The van der Waals surface area contributed by atoms with Crippen molar-refractivity contribution in [1.29, 1.82) is 0 Å². The highest BCUT2D eigenvalue weighted by atomic mass is 35.5. The molecule has 2 rings (SSSR count). The van der Waals surface area contributed by atoms with Crippen LogP contribution in [0.2, 0.25) is 5.02 Å². The minimum Gasteiger partial charge on any atom is -0.342 e. The molecule has 86 valence electrons. The molecular formula is C12H14ClFN2. The van der Waals surface area contributed by atoms with Gasteiger partial charge in [0.25, 0.3) is 0 Å². The average Bonchev–Trinajstić information content (AvgIpc) is 2.52. The number of benzene rings is 1. The number of anilines is 1. The summed E-state index contributed by atoms with van der Waals surface area (Å²) < 4.78 is 13.5. The van der Waals surface area contributed by atoms with Crippen LogP contribution in [-0.2, 0) is 0 Å². The molecule has 1 heterocycles. The fraction of sp³-hybridized carbons (Fsp3) is 0.417. The van der Waals surface area contributed by atoms with Crippen LogP contribution in [-0.4, -0.2) is 12.4 Å². The number of amidine groups is 1. The number of rotatable bonds is 1. The highest BCUT2D eigenvalue weighted by Crippen LogP contribution is 2.20. The molecule has 0 atom stereocenters. The molecular weight excluding hydrogens is 227 g/mol. The summed E-state index contributed by atoms with van der Waals surface area (Å²) in [4.78, 5) is 4.39. The maximum atomic E-state index is 13.5. The van der Waals surface area contributed by atoms with E-state index < -0.39 is 0 Å². The SMILES string of the molecule is Fc1ccc(Cl)cc1NC1=NCCCCC1. The lowest BCUT2D eigenvalue weighted by molar-refractivity contribution is 0.632. The van der Waals surface area contributed by atoms with Crippen molar-refractivity contribution in [3.8, 4) is 0 Å². The topological polar surface area (TPSA) is 24.4 Å². The number of halogens is 2. The van der Waals surface area contributed by atoms with Gasteiger partial charge >= 0.3 is 0 Å². The van der Waals surface area contributed by atoms with E-state index in [0.717, 1.165) is 31.6 Å². The zero-order chi connectivity index (χ0) is 11.4. The standard InChI is InChI=1S/C12H14ClFN2/c13-9-5-6-10(14)11(8-9)16-12-4-2-1-3-7-15-12/h5-6,8H,1-4,7H2,(H,15,16). The van der Waals surface area contributed by atoms with E-state index in [1.165, 1.54) is 18.6 Å². The second-order valence-corrected chi connectivity index (χ2v) is 4.32. The molecule has 0 aromatic heterocycles. The molecule has 0 bridgehead atoms. The van der Waals surface area contributed by atoms with Crippen molar-refractivity contribution in [2.45, 2.75) is 25.7 Å². The average molecular weight is 241 g/mol. The second kappa shape index (κ2) is 5.30. The summed E-state index contributed by atoms with van der Waals surface area (Å²) >= 11 is 5.82. The highest BCUT2D eigenvalue weighted by Gasteiger charge is 2.08. The fourth-order valence-corrected chi connectivity index (χ4v) is 1.90. The Kier molecular flexibility index (Phi) is 3.78. The lowest BCUT2D eigenvalue weighted by Crippen LogP contribution is -2.12. The van der Waals surface area contributed by atoms with Gasteiger partial charge < -0.3 is 5.32 Å². The van der Waals surface area contributed by atoms with Crippen molar-refractivity contribution in [2.75, 3.05) is 11.9 Å². The molecule has 0 spiro atoms. The van der Waals surface area contributed by atoms with Gasteiger partial charge in [-0.05, 0) is 31.0 Å². The Morgan fingerprint density at radius 1 is 1.25 bits per heavy atom. The Balaban J connectivity index is 2.13. The van der Waals surface area contributed by atoms with Crippen LogP contribution < -0.4 is 5.32 Å². The van der Waals surface area contributed by atoms with E-state index in [-0.39, 0.29) is 5.82 Å². The minimum atomic E-state index is -0.295. The number of hydrogen-bond acceptors (Lipinski definition) is 2. The number of nitrogens with one attached hydrogen (secondary N) is 1. The van der Waals surface area contributed by atoms with Gasteiger partial charge in [-0.2, -0.15) is 0 Å². The predicted molar refractivity (Wildman–Crippen MR) is 65.8 cm³/mol. The molecule has 0 saturated carbocycles. The van der Waals surface area contributed by atoms with Crippen LogP contribution in [0, 0.1) is 5.82 Å². The monoisotopic (exact) mass is 240 g/mol. The Bertz CT molecular complexity index is 404. The number of nitrogens with zero attached hydrogens (tertiary/aromatic N) is 1. The molecule has 1 aromatic carbocycles. The van der Waals surface area contributed by atoms with E-state index in [0.29, 0.717) is 10.7 Å². The Morgan fingerprint density at radius 2 is 2.12 bits per heavy atom. The van der Waals surface area contributed by atoms with Crippen LogP contribution in [0.25, 0.3) is 0 Å².